The molecule has 464 valence electrons. The molecule has 0 aromatic heterocycles. The van der Waals surface area contributed by atoms with Crippen molar-refractivity contribution in [1.29, 1.82) is 0 Å². The summed E-state index contributed by atoms with van der Waals surface area (Å²) in [7, 11) is 0. The van der Waals surface area contributed by atoms with Crippen molar-refractivity contribution in [3.05, 3.63) is 0 Å². The number of Topliss-reactive ketones (excluding diaryl/α,β-unsaturated/α-hetero) is 1. The monoisotopic (exact) mass is 1200 g/mol. The Hall–Kier alpha value is -4.78. The van der Waals surface area contributed by atoms with Crippen LogP contribution < -0.4 is 21.3 Å². The number of hydrogen-bond donors (Lipinski definition) is 4. The van der Waals surface area contributed by atoms with E-state index >= 15 is 0 Å². The Bertz CT molecular complexity index is 2240. The second-order valence-corrected chi connectivity index (χ2v) is 25.5. The summed E-state index contributed by atoms with van der Waals surface area (Å²) in [6.45, 7) is 24.6. The summed E-state index contributed by atoms with van der Waals surface area (Å²) in [5.41, 5.74) is -1.93. The number of amides is 6. The highest BCUT2D eigenvalue weighted by atomic mass is 35.5. The van der Waals surface area contributed by atoms with Gasteiger partial charge in [-0.25, -0.2) is 33.6 Å². The Balaban J connectivity index is 0.000000158. The molecule has 0 aromatic rings. The van der Waals surface area contributed by atoms with Crippen LogP contribution in [-0.2, 0) is 38.0 Å². The molecule has 12 rings (SSSR count). The lowest BCUT2D eigenvalue weighted by molar-refractivity contribution is -0.120. The molecule has 0 aromatic carbocycles. The minimum Gasteiger partial charge on any atom is -0.454 e. The normalized spacial score (nSPS) is 30.5. The van der Waals surface area contributed by atoms with Crippen molar-refractivity contribution < 1.29 is 71.5 Å². The van der Waals surface area contributed by atoms with E-state index in [1.54, 1.807) is 18.7 Å². The van der Waals surface area contributed by atoms with Crippen molar-refractivity contribution in [2.45, 2.75) is 153 Å². The molecule has 26 heteroatoms. The maximum atomic E-state index is 12.5. The summed E-state index contributed by atoms with van der Waals surface area (Å²) in [6, 6.07) is 1.09. The van der Waals surface area contributed by atoms with Crippen LogP contribution in [0.15, 0.2) is 0 Å². The predicted octanol–water partition coefficient (Wildman–Crippen LogP) is 6.34. The van der Waals surface area contributed by atoms with E-state index in [9.17, 15) is 38.4 Å². The Kier molecular flexibility index (Phi) is 22.4. The molecule has 3 saturated carbocycles. The maximum absolute atomic E-state index is 12.5. The van der Waals surface area contributed by atoms with Crippen LogP contribution in [0.2, 0.25) is 0 Å². The first-order valence-electron chi connectivity index (χ1n) is 29.9. The van der Waals surface area contributed by atoms with Crippen molar-refractivity contribution in [3.8, 4) is 0 Å². The summed E-state index contributed by atoms with van der Waals surface area (Å²) in [5, 5.41) is 11.5. The largest absolute Gasteiger partial charge is 0.454 e. The van der Waals surface area contributed by atoms with Gasteiger partial charge in [0.1, 0.15) is 28.2 Å². The predicted molar refractivity (Wildman–Crippen MR) is 302 cm³/mol. The molecule has 3 spiro atoms. The van der Waals surface area contributed by atoms with E-state index < -0.39 is 11.0 Å². The molecule has 8 atom stereocenters. The molecule has 6 bridgehead atoms. The quantitative estimate of drug-likeness (QED) is 0.173. The fraction of sp³-hybridized carbons (Fsp3) is 0.857. The van der Waals surface area contributed by atoms with Gasteiger partial charge in [0.25, 0.3) is 0 Å². The highest BCUT2D eigenvalue weighted by molar-refractivity contribution is 6.61. The standard InChI is InChI=1S/C19H31N3O4.C17H27N3O4.C10H15NO3.C7H12N2O2.C3H5ClO2.ClH/c1-18(2,3)26-17(24)22-10-13-8-14(11-22)15(9-13)21-6-4-19(5-7-21)12-20-16(23)25-19;1-2-23-16(22)20-9-12-7-13(10-20)14(8-12)19-5-3-17(4-6-19)11-18-15(21)24-17;1-2-14-10(13)11-5-7-3-8(6-11)9(12)4-7;10-6-9-5-7(11-6)1-3-8-4-2-7;1-2-6-3(4)5;/h13-15H,4-12H2,1-3H3,(H,20,23);12-14H,2-11H2,1H3,(H,18,21);7-8H,2-6H2,1H3;8H,1-5H2,(H,9,10);2H2,1H3;1H. The van der Waals surface area contributed by atoms with Gasteiger partial charge in [0.15, 0.2) is 0 Å². The van der Waals surface area contributed by atoms with Crippen LogP contribution in [-0.4, -0.2) is 225 Å². The average molecular weight is 1200 g/mol. The number of hydrogen-bond acceptors (Lipinski definition) is 18. The maximum Gasteiger partial charge on any atom is 0.410 e. The van der Waals surface area contributed by atoms with Crippen molar-refractivity contribution >= 4 is 71.8 Å². The minimum atomic E-state index is -0.738. The van der Waals surface area contributed by atoms with Crippen LogP contribution >= 0.6 is 24.0 Å². The van der Waals surface area contributed by atoms with Gasteiger partial charge in [-0.1, -0.05) is 0 Å². The zero-order valence-electron chi connectivity index (χ0n) is 49.0. The molecule has 4 N–H and O–H groups in total. The fourth-order valence-corrected chi connectivity index (χ4v) is 14.6. The second kappa shape index (κ2) is 28.4. The van der Waals surface area contributed by atoms with E-state index in [0.717, 1.165) is 117 Å². The molecule has 0 radical (unpaired) electrons. The summed E-state index contributed by atoms with van der Waals surface area (Å²) in [4.78, 5) is 101. The Morgan fingerprint density at radius 3 is 1.32 bits per heavy atom. The molecule has 12 fully saturated rings. The van der Waals surface area contributed by atoms with Gasteiger partial charge in [-0.2, -0.15) is 0 Å². The minimum absolute atomic E-state index is 0. The smallest absolute Gasteiger partial charge is 0.410 e. The van der Waals surface area contributed by atoms with Crippen LogP contribution in [0, 0.1) is 35.5 Å². The van der Waals surface area contributed by atoms with Gasteiger partial charge in [0, 0.05) is 140 Å². The molecule has 9 heterocycles. The molecule has 9 aliphatic heterocycles. The SMILES string of the molecule is CC(C)(C)OC(=O)N1CC2CC(C1)C(N1CCC3(CC1)CNC(=O)O3)C2.CCOC(=O)Cl.CCOC(=O)N1CC2CC(=O)C(C2)C1.CCOC(=O)N1CC2CC(C1)C(N1CCC3(CC1)CNC(=O)O3)C2.Cl.O=C1NCC2(CCNCC2)O1. The highest BCUT2D eigenvalue weighted by Gasteiger charge is 2.51. The van der Waals surface area contributed by atoms with E-state index in [4.69, 9.17) is 40.0 Å². The number of ketones is 1. The third kappa shape index (κ3) is 17.0. The van der Waals surface area contributed by atoms with E-state index in [1.165, 1.54) is 19.3 Å². The average Bonchev–Trinajstić information content (AvgIpc) is 4.48. The Morgan fingerprint density at radius 2 is 0.951 bits per heavy atom. The highest BCUT2D eigenvalue weighted by Crippen LogP contribution is 2.44. The number of carbonyl (C=O) groups is 8. The van der Waals surface area contributed by atoms with Crippen molar-refractivity contribution in [3.63, 3.8) is 0 Å². The van der Waals surface area contributed by atoms with E-state index in [-0.39, 0.29) is 71.7 Å². The molecule has 9 saturated heterocycles. The summed E-state index contributed by atoms with van der Waals surface area (Å²) < 4.78 is 36.1. The lowest BCUT2D eigenvalue weighted by Crippen LogP contribution is -2.52. The number of nitrogens with zero attached hydrogens (tertiary/aromatic N) is 5. The third-order valence-electron chi connectivity index (χ3n) is 18.3. The van der Waals surface area contributed by atoms with Crippen molar-refractivity contribution in [2.24, 2.45) is 35.5 Å². The van der Waals surface area contributed by atoms with Gasteiger partial charge in [-0.15, -0.1) is 12.4 Å². The van der Waals surface area contributed by atoms with Gasteiger partial charge in [-0.05, 0) is 116 Å². The first-order valence-corrected chi connectivity index (χ1v) is 30.2. The summed E-state index contributed by atoms with van der Waals surface area (Å²) in [5.74, 6) is 3.03. The second-order valence-electron chi connectivity index (χ2n) is 25.2. The number of carbonyl (C=O) groups excluding carboxylic acids is 8. The number of ether oxygens (including phenoxy) is 7. The topological polar surface area (TPSA) is 265 Å². The summed E-state index contributed by atoms with van der Waals surface area (Å²) in [6.07, 6.45) is 10.5. The number of rotatable bonds is 5. The molecular formula is C56H91Cl2N9O15. The lowest BCUT2D eigenvalue weighted by atomic mass is 9.89. The number of fused-ring (bicyclic) bond motifs is 6. The molecule has 6 amide bonds. The van der Waals surface area contributed by atoms with Crippen LogP contribution in [0.4, 0.5) is 33.6 Å². The van der Waals surface area contributed by atoms with Crippen molar-refractivity contribution in [2.75, 3.05) is 118 Å². The molecular weight excluding hydrogens is 1110 g/mol. The zero-order valence-corrected chi connectivity index (χ0v) is 50.6. The van der Waals surface area contributed by atoms with Crippen molar-refractivity contribution in [1.82, 2.24) is 45.8 Å². The first kappa shape index (κ1) is 64.8. The van der Waals surface area contributed by atoms with Gasteiger partial charge in [0.05, 0.1) is 39.5 Å². The Morgan fingerprint density at radius 1 is 0.549 bits per heavy atom. The van der Waals surface area contributed by atoms with Crippen LogP contribution in [0.25, 0.3) is 0 Å². The number of nitrogens with one attached hydrogen (secondary N) is 4. The van der Waals surface area contributed by atoms with Crippen LogP contribution in [0.3, 0.4) is 0 Å². The number of alkyl carbamates (subject to hydrolysis) is 3. The molecule has 8 unspecified atom stereocenters. The van der Waals surface area contributed by atoms with Gasteiger partial charge in [-0.3, -0.25) is 14.6 Å². The molecule has 12 aliphatic rings. The van der Waals surface area contributed by atoms with E-state index in [1.807, 2.05) is 37.5 Å². The van der Waals surface area contributed by atoms with Gasteiger partial charge < -0.3 is 69.1 Å². The molecule has 82 heavy (non-hydrogen) atoms. The number of likely N-dealkylation sites (tertiary alicyclic amines) is 5. The number of halogens is 2. The van der Waals surface area contributed by atoms with E-state index in [2.05, 4.69) is 35.8 Å². The van der Waals surface area contributed by atoms with E-state index in [0.29, 0.717) is 106 Å². The number of piperidine rings is 6. The lowest BCUT2D eigenvalue weighted by Gasteiger charge is -2.42. The molecule has 3 aliphatic carbocycles. The first-order chi connectivity index (χ1) is 38.6. The van der Waals surface area contributed by atoms with Crippen LogP contribution in [0.1, 0.15) is 119 Å². The third-order valence-corrected chi connectivity index (χ3v) is 18.4. The fourth-order valence-electron chi connectivity index (χ4n) is 14.5. The Labute approximate surface area is 493 Å². The van der Waals surface area contributed by atoms with Gasteiger partial charge in [0.2, 0.25) is 0 Å². The van der Waals surface area contributed by atoms with Crippen LogP contribution in [0.5, 0.6) is 0 Å². The zero-order chi connectivity index (χ0) is 58.1. The van der Waals surface area contributed by atoms with Gasteiger partial charge >= 0.3 is 42.0 Å². The summed E-state index contributed by atoms with van der Waals surface area (Å²) >= 11 is 4.72. The molecule has 24 nitrogen and oxygen atoms in total.